The number of halogens is 2. The van der Waals surface area contributed by atoms with Gasteiger partial charge in [0.2, 0.25) is 5.82 Å². The third kappa shape index (κ3) is 2.66. The molecule has 4 heteroatoms. The number of hydrogen-bond donors (Lipinski definition) is 1. The van der Waals surface area contributed by atoms with Gasteiger partial charge in [-0.2, -0.15) is 4.39 Å². The molecule has 0 fully saturated rings. The first-order chi connectivity index (χ1) is 6.11. The molecule has 1 aromatic carbocycles. The number of aliphatic hydroxyl groups is 1. The lowest BCUT2D eigenvalue weighted by molar-refractivity contribution is 0.119. The van der Waals surface area contributed by atoms with Gasteiger partial charge in [0, 0.05) is 0 Å². The Labute approximate surface area is 74.8 Å². The summed E-state index contributed by atoms with van der Waals surface area (Å²) in [6.07, 6.45) is -0.706. The molecule has 0 aliphatic rings. The fraction of sp³-hybridized carbons (Fsp3) is 0.333. The van der Waals surface area contributed by atoms with Crippen LogP contribution in [0.2, 0.25) is 0 Å². The van der Waals surface area contributed by atoms with E-state index in [-0.39, 0.29) is 12.4 Å². The summed E-state index contributed by atoms with van der Waals surface area (Å²) < 4.78 is 30.3. The molecule has 72 valence electrons. The Morgan fingerprint density at radius 3 is 2.77 bits per heavy atom. The molecule has 0 radical (unpaired) electrons. The minimum atomic E-state index is -1.02. The number of ether oxygens (including phenoxy) is 1. The lowest BCUT2D eigenvalue weighted by Gasteiger charge is -2.08. The smallest absolute Gasteiger partial charge is 0.200 e. The van der Waals surface area contributed by atoms with Gasteiger partial charge in [0.05, 0.1) is 6.10 Å². The van der Waals surface area contributed by atoms with Crippen molar-refractivity contribution < 1.29 is 18.6 Å². The molecular weight excluding hydrogens is 178 g/mol. The van der Waals surface area contributed by atoms with E-state index in [1.54, 1.807) is 0 Å². The Kier molecular flexibility index (Phi) is 3.19. The molecule has 0 saturated heterocycles. The molecule has 2 nitrogen and oxygen atoms in total. The van der Waals surface area contributed by atoms with Crippen LogP contribution in [0.3, 0.4) is 0 Å². The predicted octanol–water partition coefficient (Wildman–Crippen LogP) is 1.72. The van der Waals surface area contributed by atoms with E-state index in [0.717, 1.165) is 6.07 Å². The average molecular weight is 188 g/mol. The van der Waals surface area contributed by atoms with E-state index in [2.05, 4.69) is 0 Å². The molecule has 0 unspecified atom stereocenters. The molecule has 1 N–H and O–H groups in total. The van der Waals surface area contributed by atoms with Gasteiger partial charge >= 0.3 is 0 Å². The highest BCUT2D eigenvalue weighted by Crippen LogP contribution is 2.18. The maximum Gasteiger partial charge on any atom is 0.200 e. The quantitative estimate of drug-likeness (QED) is 0.782. The fourth-order valence-corrected chi connectivity index (χ4v) is 0.806. The molecule has 0 amide bonds. The van der Waals surface area contributed by atoms with Crippen LogP contribution in [-0.4, -0.2) is 17.8 Å². The largest absolute Gasteiger partial charge is 0.488 e. The highest BCUT2D eigenvalue weighted by molar-refractivity contribution is 5.24. The normalized spacial score (nSPS) is 12.6. The molecule has 0 aliphatic carbocycles. The van der Waals surface area contributed by atoms with E-state index in [1.165, 1.54) is 19.1 Å². The molecule has 0 bridgehead atoms. The second kappa shape index (κ2) is 4.18. The van der Waals surface area contributed by atoms with Crippen molar-refractivity contribution in [1.82, 2.24) is 0 Å². The van der Waals surface area contributed by atoms with E-state index < -0.39 is 17.7 Å². The molecule has 1 aromatic rings. The molecule has 0 heterocycles. The minimum absolute atomic E-state index is 0.0552. The molecule has 0 aromatic heterocycles. The third-order valence-electron chi connectivity index (χ3n) is 1.40. The van der Waals surface area contributed by atoms with Crippen LogP contribution in [0.25, 0.3) is 0 Å². The van der Waals surface area contributed by atoms with Gasteiger partial charge in [0.25, 0.3) is 0 Å². The molecule has 1 rings (SSSR count). The molecule has 1 atom stereocenters. The Morgan fingerprint density at radius 1 is 1.46 bits per heavy atom. The van der Waals surface area contributed by atoms with Crippen molar-refractivity contribution in [1.29, 1.82) is 0 Å². The zero-order valence-corrected chi connectivity index (χ0v) is 7.13. The zero-order chi connectivity index (χ0) is 9.84. The monoisotopic (exact) mass is 188 g/mol. The Morgan fingerprint density at radius 2 is 2.15 bits per heavy atom. The highest BCUT2D eigenvalue weighted by atomic mass is 19.2. The number of rotatable bonds is 3. The summed E-state index contributed by atoms with van der Waals surface area (Å²) in [5.74, 6) is -2.16. The van der Waals surface area contributed by atoms with Gasteiger partial charge < -0.3 is 9.84 Å². The summed E-state index contributed by atoms with van der Waals surface area (Å²) >= 11 is 0. The highest BCUT2D eigenvalue weighted by Gasteiger charge is 2.08. The van der Waals surface area contributed by atoms with Crippen LogP contribution < -0.4 is 4.74 Å². The van der Waals surface area contributed by atoms with E-state index >= 15 is 0 Å². The van der Waals surface area contributed by atoms with Crippen LogP contribution in [-0.2, 0) is 0 Å². The Balaban J connectivity index is 2.71. The van der Waals surface area contributed by atoms with Crippen molar-refractivity contribution in [3.05, 3.63) is 29.8 Å². The second-order valence-electron chi connectivity index (χ2n) is 2.71. The van der Waals surface area contributed by atoms with Crippen LogP contribution in [0, 0.1) is 11.6 Å². The minimum Gasteiger partial charge on any atom is -0.488 e. The molecule has 0 spiro atoms. The number of hydrogen-bond acceptors (Lipinski definition) is 2. The SMILES string of the molecule is C[C@H](O)COc1cccc(F)c1F. The van der Waals surface area contributed by atoms with Crippen molar-refractivity contribution >= 4 is 0 Å². The lowest BCUT2D eigenvalue weighted by Crippen LogP contribution is -2.13. The van der Waals surface area contributed by atoms with Gasteiger partial charge in [0.1, 0.15) is 6.61 Å². The van der Waals surface area contributed by atoms with Crippen molar-refractivity contribution in [3.8, 4) is 5.75 Å². The second-order valence-corrected chi connectivity index (χ2v) is 2.71. The van der Waals surface area contributed by atoms with E-state index in [1.807, 2.05) is 0 Å². The summed E-state index contributed by atoms with van der Waals surface area (Å²) in [5.41, 5.74) is 0. The van der Waals surface area contributed by atoms with Gasteiger partial charge in [-0.25, -0.2) is 4.39 Å². The third-order valence-corrected chi connectivity index (χ3v) is 1.40. The van der Waals surface area contributed by atoms with E-state index in [0.29, 0.717) is 0 Å². The van der Waals surface area contributed by atoms with Gasteiger partial charge in [-0.1, -0.05) is 6.07 Å². The topological polar surface area (TPSA) is 29.5 Å². The van der Waals surface area contributed by atoms with Crippen molar-refractivity contribution in [2.24, 2.45) is 0 Å². The molecule has 13 heavy (non-hydrogen) atoms. The summed E-state index contributed by atoms with van der Waals surface area (Å²) in [7, 11) is 0. The van der Waals surface area contributed by atoms with Crippen LogP contribution in [0.1, 0.15) is 6.92 Å². The van der Waals surface area contributed by atoms with Gasteiger partial charge in [-0.15, -0.1) is 0 Å². The van der Waals surface area contributed by atoms with Gasteiger partial charge in [-0.3, -0.25) is 0 Å². The van der Waals surface area contributed by atoms with Crippen LogP contribution >= 0.6 is 0 Å². The Hall–Kier alpha value is -1.16. The lowest BCUT2D eigenvalue weighted by atomic mass is 10.3. The summed E-state index contributed by atoms with van der Waals surface area (Å²) in [6, 6.07) is 3.65. The first-order valence-electron chi connectivity index (χ1n) is 3.86. The first-order valence-corrected chi connectivity index (χ1v) is 3.86. The summed E-state index contributed by atoms with van der Waals surface area (Å²) in [5, 5.41) is 8.83. The Bertz CT molecular complexity index is 287. The zero-order valence-electron chi connectivity index (χ0n) is 7.13. The first kappa shape index (κ1) is 9.92. The molecule has 0 aliphatic heterocycles. The van der Waals surface area contributed by atoms with Crippen molar-refractivity contribution in [3.63, 3.8) is 0 Å². The van der Waals surface area contributed by atoms with Gasteiger partial charge in [0.15, 0.2) is 11.6 Å². The van der Waals surface area contributed by atoms with Crippen molar-refractivity contribution in [2.75, 3.05) is 6.61 Å². The number of aliphatic hydroxyl groups excluding tert-OH is 1. The van der Waals surface area contributed by atoms with E-state index in [4.69, 9.17) is 9.84 Å². The predicted molar refractivity (Wildman–Crippen MR) is 43.5 cm³/mol. The van der Waals surface area contributed by atoms with Gasteiger partial charge in [-0.05, 0) is 19.1 Å². The number of benzene rings is 1. The van der Waals surface area contributed by atoms with Crippen LogP contribution in [0.4, 0.5) is 8.78 Å². The summed E-state index contributed by atoms with van der Waals surface area (Å²) in [4.78, 5) is 0. The van der Waals surface area contributed by atoms with E-state index in [9.17, 15) is 8.78 Å². The van der Waals surface area contributed by atoms with Crippen LogP contribution in [0.15, 0.2) is 18.2 Å². The average Bonchev–Trinajstić information content (AvgIpc) is 2.07. The fourth-order valence-electron chi connectivity index (χ4n) is 0.806. The molecular formula is C9H10F2O2. The van der Waals surface area contributed by atoms with Crippen LogP contribution in [0.5, 0.6) is 5.75 Å². The van der Waals surface area contributed by atoms with Crippen molar-refractivity contribution in [2.45, 2.75) is 13.0 Å². The summed E-state index contributed by atoms with van der Waals surface area (Å²) in [6.45, 7) is 1.44. The molecule has 0 saturated carbocycles. The maximum atomic E-state index is 12.9. The maximum absolute atomic E-state index is 12.9. The standard InChI is InChI=1S/C9H10F2O2/c1-6(12)5-13-8-4-2-3-7(10)9(8)11/h2-4,6,12H,5H2,1H3/t6-/m0/s1.